The third kappa shape index (κ3) is 2.30. The third-order valence-electron chi connectivity index (χ3n) is 5.55. The number of rotatable bonds is 1. The van der Waals surface area contributed by atoms with Gasteiger partial charge in [0.15, 0.2) is 0 Å². The second-order valence-corrected chi connectivity index (χ2v) is 7.93. The smallest absolute Gasteiger partial charge is 0.326 e. The topological polar surface area (TPSA) is 66.5 Å². The van der Waals surface area contributed by atoms with E-state index in [-0.39, 0.29) is 11.7 Å². The van der Waals surface area contributed by atoms with Gasteiger partial charge in [-0.2, -0.15) is 0 Å². The fourth-order valence-electron chi connectivity index (χ4n) is 4.17. The average Bonchev–Trinajstić information content (AvgIpc) is 3.09. The second kappa shape index (κ2) is 4.98. The molecule has 2 N–H and O–H groups in total. The van der Waals surface area contributed by atoms with Crippen LogP contribution in [0.15, 0.2) is 23.3 Å². The first kappa shape index (κ1) is 14.5. The zero-order valence-electron chi connectivity index (χ0n) is 14.0. The highest BCUT2D eigenvalue weighted by Crippen LogP contribution is 2.41. The summed E-state index contributed by atoms with van der Waals surface area (Å²) in [6, 6.07) is 2.30. The van der Waals surface area contributed by atoms with Crippen molar-refractivity contribution in [1.29, 1.82) is 0 Å². The molecule has 122 valence electrons. The lowest BCUT2D eigenvalue weighted by atomic mass is 9.71. The van der Waals surface area contributed by atoms with Crippen LogP contribution in [0.25, 0.3) is 22.1 Å². The maximum absolute atomic E-state index is 12.6. The molecule has 0 spiro atoms. The van der Waals surface area contributed by atoms with Crippen LogP contribution in [0.4, 0.5) is 0 Å². The second-order valence-electron chi connectivity index (χ2n) is 7.93. The van der Waals surface area contributed by atoms with E-state index in [1.807, 2.05) is 16.8 Å². The molecule has 1 fully saturated rings. The molecule has 1 aliphatic carbocycles. The predicted molar refractivity (Wildman–Crippen MR) is 92.7 cm³/mol. The van der Waals surface area contributed by atoms with Crippen molar-refractivity contribution in [2.45, 2.75) is 52.5 Å². The van der Waals surface area contributed by atoms with Gasteiger partial charge in [-0.05, 0) is 43.1 Å². The number of hydrogen-bond acceptors (Lipinski definition) is 2. The molecule has 4 rings (SSSR count). The normalized spacial score (nSPS) is 22.9. The van der Waals surface area contributed by atoms with Crippen LogP contribution in [0.5, 0.6) is 0 Å². The summed E-state index contributed by atoms with van der Waals surface area (Å²) in [6.45, 7) is 6.97. The number of nitrogens with zero attached hydrogens (tertiary/aromatic N) is 2. The Bertz CT molecular complexity index is 901. The Morgan fingerprint density at radius 2 is 1.96 bits per heavy atom. The van der Waals surface area contributed by atoms with E-state index in [0.717, 1.165) is 40.8 Å². The number of aromatic nitrogens is 4. The molecule has 1 aliphatic rings. The van der Waals surface area contributed by atoms with Gasteiger partial charge in [0.1, 0.15) is 5.65 Å². The van der Waals surface area contributed by atoms with E-state index < -0.39 is 0 Å². The molecular formula is C18H24N4O. The molecule has 0 radical (unpaired) electrons. The van der Waals surface area contributed by atoms with E-state index >= 15 is 0 Å². The van der Waals surface area contributed by atoms with Gasteiger partial charge in [0.25, 0.3) is 0 Å². The van der Waals surface area contributed by atoms with E-state index in [9.17, 15) is 4.79 Å². The van der Waals surface area contributed by atoms with Crippen molar-refractivity contribution in [3.63, 3.8) is 0 Å². The van der Waals surface area contributed by atoms with E-state index in [1.54, 1.807) is 6.20 Å². The quantitative estimate of drug-likeness (QED) is 0.713. The summed E-state index contributed by atoms with van der Waals surface area (Å²) in [4.78, 5) is 23.0. The van der Waals surface area contributed by atoms with Crippen molar-refractivity contribution in [2.24, 2.45) is 11.3 Å². The maximum Gasteiger partial charge on any atom is 0.326 e. The Kier molecular flexibility index (Phi) is 3.15. The molecular weight excluding hydrogens is 288 g/mol. The van der Waals surface area contributed by atoms with Gasteiger partial charge in [-0.25, -0.2) is 9.78 Å². The molecule has 5 heteroatoms. The number of imidazole rings is 1. The van der Waals surface area contributed by atoms with Gasteiger partial charge in [-0.3, -0.25) is 4.57 Å². The Balaban J connectivity index is 1.76. The first-order valence-corrected chi connectivity index (χ1v) is 8.51. The van der Waals surface area contributed by atoms with Crippen molar-refractivity contribution >= 4 is 22.1 Å². The van der Waals surface area contributed by atoms with Gasteiger partial charge in [0, 0.05) is 17.6 Å². The minimum atomic E-state index is -0.00490. The number of nitrogens with one attached hydrogen (secondary N) is 2. The zero-order chi connectivity index (χ0) is 16.2. The number of pyridine rings is 1. The summed E-state index contributed by atoms with van der Waals surface area (Å²) in [5.74, 6) is 0.744. The number of hydrogen-bond donors (Lipinski definition) is 2. The molecule has 0 saturated heterocycles. The minimum Gasteiger partial charge on any atom is -0.346 e. The van der Waals surface area contributed by atoms with E-state index in [0.29, 0.717) is 5.41 Å². The molecule has 3 aromatic rings. The summed E-state index contributed by atoms with van der Waals surface area (Å²) in [7, 11) is 0. The lowest BCUT2D eigenvalue weighted by Gasteiger charge is -2.37. The summed E-state index contributed by atoms with van der Waals surface area (Å²) < 4.78 is 1.98. The molecule has 3 heterocycles. The van der Waals surface area contributed by atoms with Crippen molar-refractivity contribution in [3.8, 4) is 0 Å². The van der Waals surface area contributed by atoms with Crippen molar-refractivity contribution in [2.75, 3.05) is 0 Å². The first-order chi connectivity index (χ1) is 10.9. The highest BCUT2D eigenvalue weighted by molar-refractivity contribution is 6.00. The van der Waals surface area contributed by atoms with Crippen molar-refractivity contribution in [3.05, 3.63) is 28.9 Å². The first-order valence-electron chi connectivity index (χ1n) is 8.51. The largest absolute Gasteiger partial charge is 0.346 e. The van der Waals surface area contributed by atoms with Crippen molar-refractivity contribution in [1.82, 2.24) is 19.5 Å². The fourth-order valence-corrected chi connectivity index (χ4v) is 4.17. The molecule has 0 aromatic carbocycles. The summed E-state index contributed by atoms with van der Waals surface area (Å²) in [5, 5.41) is 1.03. The molecule has 1 saturated carbocycles. The Hall–Kier alpha value is -2.04. The molecule has 0 bridgehead atoms. The van der Waals surface area contributed by atoms with E-state index in [1.165, 1.54) is 12.8 Å². The van der Waals surface area contributed by atoms with Crippen molar-refractivity contribution < 1.29 is 0 Å². The van der Waals surface area contributed by atoms with Crippen LogP contribution in [0.3, 0.4) is 0 Å². The van der Waals surface area contributed by atoms with Gasteiger partial charge in [0.2, 0.25) is 0 Å². The number of fused-ring (bicyclic) bond motifs is 3. The molecule has 0 amide bonds. The summed E-state index contributed by atoms with van der Waals surface area (Å²) in [6.07, 6.45) is 8.16. The maximum atomic E-state index is 12.6. The molecule has 0 aliphatic heterocycles. The van der Waals surface area contributed by atoms with Crippen LogP contribution in [0.2, 0.25) is 0 Å². The molecule has 3 aromatic heterocycles. The van der Waals surface area contributed by atoms with Crippen LogP contribution in [-0.2, 0) is 0 Å². The third-order valence-corrected chi connectivity index (χ3v) is 5.55. The fraction of sp³-hybridized carbons (Fsp3) is 0.556. The Labute approximate surface area is 135 Å². The highest BCUT2D eigenvalue weighted by Gasteiger charge is 2.31. The predicted octanol–water partition coefficient (Wildman–Crippen LogP) is 3.98. The SMILES string of the molecule is CC(C)(C)C1CCC(n2c(=O)[nH]c3cnc4[nH]ccc4c32)CC1. The Morgan fingerprint density at radius 3 is 2.65 bits per heavy atom. The number of aromatic amines is 2. The molecule has 5 nitrogen and oxygen atoms in total. The van der Waals surface area contributed by atoms with Crippen LogP contribution >= 0.6 is 0 Å². The lowest BCUT2D eigenvalue weighted by molar-refractivity contribution is 0.152. The van der Waals surface area contributed by atoms with Gasteiger partial charge in [0.05, 0.1) is 17.2 Å². The van der Waals surface area contributed by atoms with Gasteiger partial charge in [-0.1, -0.05) is 20.8 Å². The van der Waals surface area contributed by atoms with Crippen LogP contribution in [-0.4, -0.2) is 19.5 Å². The van der Waals surface area contributed by atoms with Gasteiger partial charge < -0.3 is 9.97 Å². The average molecular weight is 312 g/mol. The summed E-state index contributed by atoms with van der Waals surface area (Å²) >= 11 is 0. The van der Waals surface area contributed by atoms with Crippen LogP contribution in [0, 0.1) is 11.3 Å². The number of H-pyrrole nitrogens is 2. The molecule has 0 unspecified atom stereocenters. The van der Waals surface area contributed by atoms with E-state index in [2.05, 4.69) is 35.7 Å². The Morgan fingerprint density at radius 1 is 1.22 bits per heavy atom. The van der Waals surface area contributed by atoms with Crippen LogP contribution < -0.4 is 5.69 Å². The lowest BCUT2D eigenvalue weighted by Crippen LogP contribution is -2.30. The van der Waals surface area contributed by atoms with Crippen LogP contribution in [0.1, 0.15) is 52.5 Å². The van der Waals surface area contributed by atoms with Gasteiger partial charge >= 0.3 is 5.69 Å². The zero-order valence-corrected chi connectivity index (χ0v) is 14.0. The molecule has 0 atom stereocenters. The van der Waals surface area contributed by atoms with Gasteiger partial charge in [-0.15, -0.1) is 0 Å². The summed E-state index contributed by atoms with van der Waals surface area (Å²) in [5.41, 5.74) is 3.03. The van der Waals surface area contributed by atoms with E-state index in [4.69, 9.17) is 0 Å². The standard InChI is InChI=1S/C18H24N4O/c1-18(2,3)11-4-6-12(7-5-11)22-15-13-8-9-19-16(13)20-10-14(15)21-17(22)23/h8-12H,4-7H2,1-3H3,(H,19,20)(H,21,23). The highest BCUT2D eigenvalue weighted by atomic mass is 16.1. The monoisotopic (exact) mass is 312 g/mol. The minimum absolute atomic E-state index is 0.00490. The molecule has 23 heavy (non-hydrogen) atoms.